The van der Waals surface area contributed by atoms with Gasteiger partial charge >= 0.3 is 0 Å². The van der Waals surface area contributed by atoms with Gasteiger partial charge in [0.15, 0.2) is 0 Å². The Kier molecular flexibility index (Phi) is 6.04. The van der Waals surface area contributed by atoms with Crippen LogP contribution in [-0.2, 0) is 0 Å². The number of nitrogens with one attached hydrogen (secondary N) is 1. The summed E-state index contributed by atoms with van der Waals surface area (Å²) in [6.45, 7) is 2.88. The van der Waals surface area contributed by atoms with E-state index in [4.69, 9.17) is 4.74 Å². The minimum atomic E-state index is -0.528. The Morgan fingerprint density at radius 2 is 2.05 bits per heavy atom. The van der Waals surface area contributed by atoms with E-state index in [2.05, 4.69) is 45.0 Å². The van der Waals surface area contributed by atoms with Gasteiger partial charge in [0.25, 0.3) is 0 Å². The molecule has 0 spiro atoms. The van der Waals surface area contributed by atoms with Crippen molar-refractivity contribution in [3.63, 3.8) is 0 Å². The lowest BCUT2D eigenvalue weighted by Gasteiger charge is -2.17. The molecule has 2 unspecified atom stereocenters. The molecule has 0 aliphatic heterocycles. The van der Waals surface area contributed by atoms with Crippen molar-refractivity contribution in [1.29, 1.82) is 0 Å². The normalized spacial score (nSPS) is 13.9. The summed E-state index contributed by atoms with van der Waals surface area (Å²) >= 11 is 5.05. The lowest BCUT2D eigenvalue weighted by molar-refractivity contribution is 0.104. The SMILES string of the molecule is CC(NCC(O)COc1ccc(Br)cc1)c1ccsc1. The maximum Gasteiger partial charge on any atom is 0.119 e. The third-order valence-electron chi connectivity index (χ3n) is 2.96. The van der Waals surface area contributed by atoms with Gasteiger partial charge in [-0.25, -0.2) is 0 Å². The summed E-state index contributed by atoms with van der Waals surface area (Å²) < 4.78 is 6.55. The van der Waals surface area contributed by atoms with Gasteiger partial charge in [0.05, 0.1) is 0 Å². The van der Waals surface area contributed by atoms with Gasteiger partial charge in [0.1, 0.15) is 18.5 Å². The summed E-state index contributed by atoms with van der Waals surface area (Å²) in [5.74, 6) is 0.762. The molecule has 1 aromatic carbocycles. The second-order valence-corrected chi connectivity index (χ2v) is 6.30. The molecule has 108 valence electrons. The van der Waals surface area contributed by atoms with Crippen LogP contribution in [0.3, 0.4) is 0 Å². The maximum atomic E-state index is 9.92. The number of hydrogen-bond donors (Lipinski definition) is 2. The molecule has 0 saturated carbocycles. The number of aliphatic hydroxyl groups is 1. The highest BCUT2D eigenvalue weighted by molar-refractivity contribution is 9.10. The third kappa shape index (κ3) is 4.90. The maximum absolute atomic E-state index is 9.92. The van der Waals surface area contributed by atoms with E-state index in [9.17, 15) is 5.11 Å². The average Bonchev–Trinajstić information content (AvgIpc) is 2.98. The molecule has 2 aromatic rings. The minimum Gasteiger partial charge on any atom is -0.491 e. The van der Waals surface area contributed by atoms with Gasteiger partial charge in [0.2, 0.25) is 0 Å². The molecular weight excluding hydrogens is 338 g/mol. The van der Waals surface area contributed by atoms with E-state index in [0.717, 1.165) is 10.2 Å². The molecule has 2 rings (SSSR count). The molecule has 20 heavy (non-hydrogen) atoms. The van der Waals surface area contributed by atoms with E-state index in [1.807, 2.05) is 24.3 Å². The highest BCUT2D eigenvalue weighted by Gasteiger charge is 2.09. The first-order valence-electron chi connectivity index (χ1n) is 6.47. The van der Waals surface area contributed by atoms with Crippen LogP contribution in [0.2, 0.25) is 0 Å². The number of aliphatic hydroxyl groups excluding tert-OH is 1. The van der Waals surface area contributed by atoms with Crippen LogP contribution < -0.4 is 10.1 Å². The zero-order valence-electron chi connectivity index (χ0n) is 11.3. The lowest BCUT2D eigenvalue weighted by atomic mass is 10.2. The van der Waals surface area contributed by atoms with E-state index in [1.165, 1.54) is 5.56 Å². The van der Waals surface area contributed by atoms with Crippen molar-refractivity contribution in [3.05, 3.63) is 51.1 Å². The lowest BCUT2D eigenvalue weighted by Crippen LogP contribution is -2.32. The molecule has 0 aliphatic carbocycles. The van der Waals surface area contributed by atoms with Crippen LogP contribution in [0, 0.1) is 0 Å². The fraction of sp³-hybridized carbons (Fsp3) is 0.333. The highest BCUT2D eigenvalue weighted by atomic mass is 79.9. The largest absolute Gasteiger partial charge is 0.491 e. The van der Waals surface area contributed by atoms with E-state index in [1.54, 1.807) is 11.3 Å². The summed E-state index contributed by atoms with van der Waals surface area (Å²) in [4.78, 5) is 0. The number of thiophene rings is 1. The van der Waals surface area contributed by atoms with Crippen molar-refractivity contribution in [2.24, 2.45) is 0 Å². The number of hydrogen-bond acceptors (Lipinski definition) is 4. The number of rotatable bonds is 7. The Morgan fingerprint density at radius 1 is 1.30 bits per heavy atom. The number of ether oxygens (including phenoxy) is 1. The minimum absolute atomic E-state index is 0.239. The molecule has 0 radical (unpaired) electrons. The second kappa shape index (κ2) is 7.78. The Balaban J connectivity index is 1.70. The van der Waals surface area contributed by atoms with Crippen LogP contribution in [0.5, 0.6) is 5.75 Å². The first kappa shape index (κ1) is 15.5. The Morgan fingerprint density at radius 3 is 2.70 bits per heavy atom. The van der Waals surface area contributed by atoms with Gasteiger partial charge in [-0.3, -0.25) is 0 Å². The van der Waals surface area contributed by atoms with Gasteiger partial charge < -0.3 is 15.2 Å². The predicted molar refractivity (Wildman–Crippen MR) is 86.4 cm³/mol. The molecule has 0 fully saturated rings. The standard InChI is InChI=1S/C15H18BrNO2S/c1-11(12-6-7-20-10-12)17-8-14(18)9-19-15-4-2-13(16)3-5-15/h2-7,10-11,14,17-18H,8-9H2,1H3. The van der Waals surface area contributed by atoms with Crippen molar-refractivity contribution in [3.8, 4) is 5.75 Å². The molecule has 0 amide bonds. The molecule has 0 aliphatic rings. The van der Waals surface area contributed by atoms with Crippen LogP contribution in [-0.4, -0.2) is 24.4 Å². The topological polar surface area (TPSA) is 41.5 Å². The van der Waals surface area contributed by atoms with Crippen molar-refractivity contribution in [2.75, 3.05) is 13.2 Å². The Labute approximate surface area is 131 Å². The molecule has 3 nitrogen and oxygen atoms in total. The molecule has 0 bridgehead atoms. The third-order valence-corrected chi connectivity index (χ3v) is 4.19. The quantitative estimate of drug-likeness (QED) is 0.797. The van der Waals surface area contributed by atoms with E-state index >= 15 is 0 Å². The van der Waals surface area contributed by atoms with Crippen molar-refractivity contribution < 1.29 is 9.84 Å². The molecule has 0 saturated heterocycles. The van der Waals surface area contributed by atoms with Gasteiger partial charge in [0, 0.05) is 17.1 Å². The fourth-order valence-electron chi connectivity index (χ4n) is 1.73. The first-order valence-corrected chi connectivity index (χ1v) is 8.20. The summed E-state index contributed by atoms with van der Waals surface area (Å²) in [6, 6.07) is 9.91. The van der Waals surface area contributed by atoms with Crippen LogP contribution in [0.1, 0.15) is 18.5 Å². The number of halogens is 1. The van der Waals surface area contributed by atoms with Crippen molar-refractivity contribution in [2.45, 2.75) is 19.1 Å². The van der Waals surface area contributed by atoms with E-state index < -0.39 is 6.10 Å². The van der Waals surface area contributed by atoms with Crippen LogP contribution in [0.4, 0.5) is 0 Å². The summed E-state index contributed by atoms with van der Waals surface area (Å²) in [7, 11) is 0. The summed E-state index contributed by atoms with van der Waals surface area (Å²) in [5, 5.41) is 17.4. The molecule has 5 heteroatoms. The van der Waals surface area contributed by atoms with Crippen molar-refractivity contribution in [1.82, 2.24) is 5.32 Å². The zero-order chi connectivity index (χ0) is 14.4. The van der Waals surface area contributed by atoms with Gasteiger partial charge in [-0.2, -0.15) is 11.3 Å². The zero-order valence-corrected chi connectivity index (χ0v) is 13.7. The first-order chi connectivity index (χ1) is 9.65. The average molecular weight is 356 g/mol. The molecular formula is C15H18BrNO2S. The molecule has 1 heterocycles. The van der Waals surface area contributed by atoms with E-state index in [0.29, 0.717) is 6.54 Å². The van der Waals surface area contributed by atoms with Gasteiger partial charge in [-0.15, -0.1) is 0 Å². The Hall–Kier alpha value is -0.880. The molecule has 2 atom stereocenters. The van der Waals surface area contributed by atoms with Crippen molar-refractivity contribution >= 4 is 27.3 Å². The molecule has 1 aromatic heterocycles. The van der Waals surface area contributed by atoms with Gasteiger partial charge in [-0.1, -0.05) is 15.9 Å². The predicted octanol–water partition coefficient (Wildman–Crippen LogP) is 3.60. The molecule has 2 N–H and O–H groups in total. The monoisotopic (exact) mass is 355 g/mol. The summed E-state index contributed by atoms with van der Waals surface area (Å²) in [6.07, 6.45) is -0.528. The Bertz CT molecular complexity index is 501. The summed E-state index contributed by atoms with van der Waals surface area (Å²) in [5.41, 5.74) is 1.25. The van der Waals surface area contributed by atoms with Crippen LogP contribution in [0.25, 0.3) is 0 Å². The smallest absolute Gasteiger partial charge is 0.119 e. The number of benzene rings is 1. The highest BCUT2D eigenvalue weighted by Crippen LogP contribution is 2.17. The van der Waals surface area contributed by atoms with Gasteiger partial charge in [-0.05, 0) is 53.6 Å². The van der Waals surface area contributed by atoms with E-state index in [-0.39, 0.29) is 12.6 Å². The van der Waals surface area contributed by atoms with Crippen LogP contribution >= 0.6 is 27.3 Å². The second-order valence-electron chi connectivity index (χ2n) is 4.61. The van der Waals surface area contributed by atoms with Crippen LogP contribution in [0.15, 0.2) is 45.6 Å². The fourth-order valence-corrected chi connectivity index (χ4v) is 2.75.